The van der Waals surface area contributed by atoms with E-state index in [9.17, 15) is 4.79 Å². The summed E-state index contributed by atoms with van der Waals surface area (Å²) in [5.41, 5.74) is 1.10. The van der Waals surface area contributed by atoms with E-state index in [1.165, 1.54) is 6.26 Å². The molecule has 0 aliphatic heterocycles. The average molecular weight is 243 g/mol. The Morgan fingerprint density at radius 3 is 2.39 bits per heavy atom. The molecule has 1 N–H and O–H groups in total. The molecular weight excluding hydrogens is 226 g/mol. The van der Waals surface area contributed by atoms with E-state index in [2.05, 4.69) is 19.2 Å². The number of furan rings is 1. The van der Waals surface area contributed by atoms with Crippen LogP contribution in [0.5, 0.6) is 0 Å². The van der Waals surface area contributed by atoms with Gasteiger partial charge in [0.15, 0.2) is 5.76 Å². The van der Waals surface area contributed by atoms with Crippen molar-refractivity contribution in [2.24, 2.45) is 5.92 Å². The fourth-order valence-corrected chi connectivity index (χ4v) is 1.92. The van der Waals surface area contributed by atoms with Gasteiger partial charge >= 0.3 is 0 Å². The van der Waals surface area contributed by atoms with Crippen LogP contribution in [0.1, 0.15) is 36.0 Å². The fraction of sp³-hybridized carbons (Fsp3) is 0.267. The molecule has 1 aromatic heterocycles. The van der Waals surface area contributed by atoms with Crippen LogP contribution in [0.2, 0.25) is 0 Å². The predicted molar refractivity (Wildman–Crippen MR) is 70.2 cm³/mol. The second-order valence-electron chi connectivity index (χ2n) is 4.58. The minimum absolute atomic E-state index is 0.0104. The summed E-state index contributed by atoms with van der Waals surface area (Å²) >= 11 is 0. The molecule has 2 rings (SSSR count). The van der Waals surface area contributed by atoms with Crippen LogP contribution >= 0.6 is 0 Å². The lowest BCUT2D eigenvalue weighted by atomic mass is 9.96. The van der Waals surface area contributed by atoms with Crippen molar-refractivity contribution >= 4 is 5.91 Å². The molecule has 3 nitrogen and oxygen atoms in total. The molecule has 1 heterocycles. The Balaban J connectivity index is 2.15. The lowest BCUT2D eigenvalue weighted by molar-refractivity contribution is 0.0897. The van der Waals surface area contributed by atoms with Crippen LogP contribution in [0.4, 0.5) is 0 Å². The largest absolute Gasteiger partial charge is 0.459 e. The summed E-state index contributed by atoms with van der Waals surface area (Å²) in [4.78, 5) is 12.0. The third-order valence-corrected chi connectivity index (χ3v) is 2.86. The van der Waals surface area contributed by atoms with Crippen molar-refractivity contribution < 1.29 is 9.21 Å². The Labute approximate surface area is 107 Å². The van der Waals surface area contributed by atoms with Crippen LogP contribution < -0.4 is 5.32 Å². The zero-order valence-corrected chi connectivity index (χ0v) is 10.6. The van der Waals surface area contributed by atoms with Gasteiger partial charge in [0, 0.05) is 0 Å². The van der Waals surface area contributed by atoms with Gasteiger partial charge in [-0.05, 0) is 23.6 Å². The molecule has 0 saturated heterocycles. The highest BCUT2D eigenvalue weighted by atomic mass is 16.3. The van der Waals surface area contributed by atoms with Crippen LogP contribution in [0.15, 0.2) is 53.1 Å². The van der Waals surface area contributed by atoms with Gasteiger partial charge in [0.25, 0.3) is 5.91 Å². The molecular formula is C15H17NO2. The van der Waals surface area contributed by atoms with Crippen molar-refractivity contribution in [3.8, 4) is 0 Å². The van der Waals surface area contributed by atoms with E-state index < -0.39 is 0 Å². The normalized spacial score (nSPS) is 12.4. The van der Waals surface area contributed by atoms with Crippen LogP contribution in [-0.2, 0) is 0 Å². The summed E-state index contributed by atoms with van der Waals surface area (Å²) in [7, 11) is 0. The fourth-order valence-electron chi connectivity index (χ4n) is 1.92. The van der Waals surface area contributed by atoms with E-state index >= 15 is 0 Å². The molecule has 1 atom stereocenters. The van der Waals surface area contributed by atoms with Gasteiger partial charge in [0.1, 0.15) is 0 Å². The molecule has 0 fully saturated rings. The zero-order chi connectivity index (χ0) is 13.0. The van der Waals surface area contributed by atoms with Gasteiger partial charge in [-0.15, -0.1) is 0 Å². The summed E-state index contributed by atoms with van der Waals surface area (Å²) in [5, 5.41) is 3.00. The molecule has 0 bridgehead atoms. The SMILES string of the molecule is CC(C)[C@@H](NC(=O)c1ccco1)c1ccccc1. The first-order chi connectivity index (χ1) is 8.68. The number of hydrogen-bond acceptors (Lipinski definition) is 2. The molecule has 1 amide bonds. The highest BCUT2D eigenvalue weighted by molar-refractivity contribution is 5.91. The zero-order valence-electron chi connectivity index (χ0n) is 10.6. The van der Waals surface area contributed by atoms with E-state index in [-0.39, 0.29) is 11.9 Å². The molecule has 0 aliphatic rings. The lowest BCUT2D eigenvalue weighted by Crippen LogP contribution is -2.31. The summed E-state index contributed by atoms with van der Waals surface area (Å²) in [6, 6.07) is 13.3. The van der Waals surface area contributed by atoms with E-state index in [1.807, 2.05) is 30.3 Å². The molecule has 0 radical (unpaired) electrons. The molecule has 3 heteroatoms. The van der Waals surface area contributed by atoms with E-state index in [1.54, 1.807) is 12.1 Å². The maximum absolute atomic E-state index is 12.0. The minimum atomic E-state index is -0.178. The monoisotopic (exact) mass is 243 g/mol. The first kappa shape index (κ1) is 12.4. The van der Waals surface area contributed by atoms with Crippen LogP contribution in [0, 0.1) is 5.92 Å². The number of amides is 1. The number of carbonyl (C=O) groups is 1. The molecule has 0 saturated carbocycles. The third kappa shape index (κ3) is 2.80. The summed E-state index contributed by atoms with van der Waals surface area (Å²) in [6.45, 7) is 4.17. The Morgan fingerprint density at radius 2 is 1.83 bits per heavy atom. The van der Waals surface area contributed by atoms with Crippen molar-refractivity contribution in [3.05, 3.63) is 60.1 Å². The van der Waals surface area contributed by atoms with Gasteiger partial charge in [-0.3, -0.25) is 4.79 Å². The first-order valence-corrected chi connectivity index (χ1v) is 6.08. The first-order valence-electron chi connectivity index (χ1n) is 6.08. The summed E-state index contributed by atoms with van der Waals surface area (Å²) < 4.78 is 5.10. The standard InChI is InChI=1S/C15H17NO2/c1-11(2)14(12-7-4-3-5-8-12)16-15(17)13-9-6-10-18-13/h3-11,14H,1-2H3,(H,16,17)/t14-/m1/s1. The van der Waals surface area contributed by atoms with Gasteiger partial charge in [-0.25, -0.2) is 0 Å². The number of nitrogens with one attached hydrogen (secondary N) is 1. The lowest BCUT2D eigenvalue weighted by Gasteiger charge is -2.22. The second kappa shape index (κ2) is 5.54. The Bertz CT molecular complexity index is 488. The van der Waals surface area contributed by atoms with Crippen molar-refractivity contribution in [3.63, 3.8) is 0 Å². The minimum Gasteiger partial charge on any atom is -0.459 e. The topological polar surface area (TPSA) is 42.2 Å². The van der Waals surface area contributed by atoms with Crippen molar-refractivity contribution in [2.45, 2.75) is 19.9 Å². The van der Waals surface area contributed by atoms with E-state index in [0.29, 0.717) is 11.7 Å². The smallest absolute Gasteiger partial charge is 0.287 e. The predicted octanol–water partition coefficient (Wildman–Crippen LogP) is 3.41. The molecule has 94 valence electrons. The Morgan fingerprint density at radius 1 is 1.11 bits per heavy atom. The Hall–Kier alpha value is -2.03. The molecule has 0 unspecified atom stereocenters. The quantitative estimate of drug-likeness (QED) is 0.894. The van der Waals surface area contributed by atoms with Crippen molar-refractivity contribution in [1.29, 1.82) is 0 Å². The van der Waals surface area contributed by atoms with Gasteiger partial charge in [0.2, 0.25) is 0 Å². The van der Waals surface area contributed by atoms with Gasteiger partial charge in [0.05, 0.1) is 12.3 Å². The maximum atomic E-state index is 12.0. The van der Waals surface area contributed by atoms with Crippen molar-refractivity contribution in [1.82, 2.24) is 5.32 Å². The van der Waals surface area contributed by atoms with Crippen molar-refractivity contribution in [2.75, 3.05) is 0 Å². The van der Waals surface area contributed by atoms with Crippen LogP contribution in [0.3, 0.4) is 0 Å². The highest BCUT2D eigenvalue weighted by Gasteiger charge is 2.19. The molecule has 2 aromatic rings. The average Bonchev–Trinajstić information content (AvgIpc) is 2.90. The third-order valence-electron chi connectivity index (χ3n) is 2.86. The number of benzene rings is 1. The molecule has 18 heavy (non-hydrogen) atoms. The summed E-state index contributed by atoms with van der Waals surface area (Å²) in [6.07, 6.45) is 1.50. The number of carbonyl (C=O) groups excluding carboxylic acids is 1. The molecule has 1 aromatic carbocycles. The van der Waals surface area contributed by atoms with E-state index in [4.69, 9.17) is 4.42 Å². The van der Waals surface area contributed by atoms with Gasteiger partial charge in [-0.2, -0.15) is 0 Å². The number of rotatable bonds is 4. The Kier molecular flexibility index (Phi) is 3.82. The van der Waals surface area contributed by atoms with Crippen LogP contribution in [0.25, 0.3) is 0 Å². The highest BCUT2D eigenvalue weighted by Crippen LogP contribution is 2.21. The van der Waals surface area contributed by atoms with E-state index in [0.717, 1.165) is 5.56 Å². The maximum Gasteiger partial charge on any atom is 0.287 e. The molecule has 0 spiro atoms. The van der Waals surface area contributed by atoms with Gasteiger partial charge < -0.3 is 9.73 Å². The number of hydrogen-bond donors (Lipinski definition) is 1. The van der Waals surface area contributed by atoms with Crippen LogP contribution in [-0.4, -0.2) is 5.91 Å². The second-order valence-corrected chi connectivity index (χ2v) is 4.58. The van der Waals surface area contributed by atoms with Gasteiger partial charge in [-0.1, -0.05) is 44.2 Å². The summed E-state index contributed by atoms with van der Waals surface area (Å²) in [5.74, 6) is 0.477. The molecule has 0 aliphatic carbocycles.